The van der Waals surface area contributed by atoms with E-state index in [-0.39, 0.29) is 17.1 Å². The molecule has 2 aromatic carbocycles. The lowest BCUT2D eigenvalue weighted by atomic mass is 9.92. The molecule has 5 rings (SSSR count). The third-order valence-electron chi connectivity index (χ3n) is 7.65. The second-order valence-electron chi connectivity index (χ2n) is 10.5. The van der Waals surface area contributed by atoms with Gasteiger partial charge in [0.05, 0.1) is 13.2 Å². The Hall–Kier alpha value is -3.33. The molecule has 0 radical (unpaired) electrons. The lowest BCUT2D eigenvalue weighted by molar-refractivity contribution is -0.311. The first-order chi connectivity index (χ1) is 20.9. The van der Waals surface area contributed by atoms with Gasteiger partial charge in [-0.05, 0) is 17.7 Å². The average molecular weight is 629 g/mol. The highest BCUT2D eigenvalue weighted by molar-refractivity contribution is 6.05. The van der Waals surface area contributed by atoms with Crippen molar-refractivity contribution in [2.45, 2.75) is 73.6 Å². The average Bonchev–Trinajstić information content (AvgIpc) is 2.99. The summed E-state index contributed by atoms with van der Waals surface area (Å²) in [6.07, 6.45) is -20.0. The van der Waals surface area contributed by atoms with Gasteiger partial charge in [0.2, 0.25) is 12.1 Å². The van der Waals surface area contributed by atoms with E-state index in [9.17, 15) is 61.0 Å². The Kier molecular flexibility index (Phi) is 9.17. The Morgan fingerprint density at radius 3 is 1.86 bits per heavy atom. The summed E-state index contributed by atoms with van der Waals surface area (Å²) in [5.41, 5.74) is -0.395. The summed E-state index contributed by atoms with van der Waals surface area (Å²) in [6, 6.07) is 5.48. The molecule has 0 bridgehead atoms. The van der Waals surface area contributed by atoms with Crippen LogP contribution in [0.1, 0.15) is 22.0 Å². The van der Waals surface area contributed by atoms with Crippen LogP contribution in [0, 0.1) is 0 Å². The van der Waals surface area contributed by atoms with E-state index in [0.717, 1.165) is 24.3 Å². The van der Waals surface area contributed by atoms with Crippen LogP contribution in [-0.4, -0.2) is 143 Å². The van der Waals surface area contributed by atoms with E-state index in [2.05, 4.69) is 0 Å². The third kappa shape index (κ3) is 5.75. The minimum Gasteiger partial charge on any atom is -0.507 e. The summed E-state index contributed by atoms with van der Waals surface area (Å²) >= 11 is 0. The standard InChI is InChI=1S/C27H32O17/c28-6-14-17(33)20(36)22(38)26(42-14)40-9-4-12(32)16-13(5-9)41-24(8-1-2-10(30)11(31)3-8)25(19(16)35)44-27-23(39)21(37)18(34)15(7-29)43-27/h1-5,14-15,17-18,20-34,36-39H,6-7H2/t14-,15-,17-,18-,20+,21+,22-,23-,24+,25-,26-,27+/m1/s1. The zero-order valence-electron chi connectivity index (χ0n) is 22.6. The number of aliphatic hydroxyl groups is 8. The number of phenols is 3. The lowest BCUT2D eigenvalue weighted by Gasteiger charge is -2.42. The van der Waals surface area contributed by atoms with Crippen LogP contribution >= 0.6 is 0 Å². The molecule has 0 unspecified atom stereocenters. The summed E-state index contributed by atoms with van der Waals surface area (Å²) in [6.45, 7) is -1.51. The Morgan fingerprint density at radius 2 is 1.27 bits per heavy atom. The number of hydrogen-bond donors (Lipinski definition) is 11. The molecular weight excluding hydrogens is 596 g/mol. The van der Waals surface area contributed by atoms with Crippen LogP contribution < -0.4 is 9.47 Å². The minimum absolute atomic E-state index is 0.0497. The molecule has 2 saturated heterocycles. The van der Waals surface area contributed by atoms with Crippen molar-refractivity contribution in [3.8, 4) is 28.7 Å². The van der Waals surface area contributed by atoms with Gasteiger partial charge in [-0.3, -0.25) is 4.79 Å². The number of hydrogen-bond acceptors (Lipinski definition) is 17. The molecule has 242 valence electrons. The quantitative estimate of drug-likeness (QED) is 0.133. The van der Waals surface area contributed by atoms with Crippen molar-refractivity contribution in [1.82, 2.24) is 0 Å². The van der Waals surface area contributed by atoms with Crippen LogP contribution in [-0.2, 0) is 14.2 Å². The van der Waals surface area contributed by atoms with E-state index in [4.69, 9.17) is 23.7 Å². The molecular formula is C27H32O17. The minimum atomic E-state index is -1.90. The van der Waals surface area contributed by atoms with Gasteiger partial charge in [0, 0.05) is 12.1 Å². The van der Waals surface area contributed by atoms with Gasteiger partial charge in [-0.2, -0.15) is 0 Å². The van der Waals surface area contributed by atoms with Crippen molar-refractivity contribution in [2.24, 2.45) is 0 Å². The van der Waals surface area contributed by atoms with Crippen molar-refractivity contribution in [3.05, 3.63) is 41.5 Å². The van der Waals surface area contributed by atoms with E-state index in [0.29, 0.717) is 0 Å². The van der Waals surface area contributed by atoms with Crippen LogP contribution in [0.3, 0.4) is 0 Å². The van der Waals surface area contributed by atoms with Crippen molar-refractivity contribution >= 4 is 5.78 Å². The molecule has 2 fully saturated rings. The van der Waals surface area contributed by atoms with E-state index >= 15 is 0 Å². The number of Topliss-reactive ketones (excluding diaryl/α,β-unsaturated/α-hetero) is 1. The van der Waals surface area contributed by atoms with Crippen LogP contribution in [0.25, 0.3) is 0 Å². The maximum atomic E-state index is 13.8. The Labute approximate surface area is 247 Å². The highest BCUT2D eigenvalue weighted by Crippen LogP contribution is 2.45. The van der Waals surface area contributed by atoms with E-state index in [1.807, 2.05) is 0 Å². The van der Waals surface area contributed by atoms with Gasteiger partial charge in [-0.1, -0.05) is 6.07 Å². The second kappa shape index (κ2) is 12.6. The highest BCUT2D eigenvalue weighted by atomic mass is 16.7. The van der Waals surface area contributed by atoms with E-state index < -0.39 is 115 Å². The molecule has 3 heterocycles. The van der Waals surface area contributed by atoms with Gasteiger partial charge in [0.25, 0.3) is 0 Å². The number of ether oxygens (including phenoxy) is 5. The number of ketones is 1. The molecule has 0 spiro atoms. The van der Waals surface area contributed by atoms with Gasteiger partial charge in [-0.15, -0.1) is 0 Å². The van der Waals surface area contributed by atoms with E-state index in [1.54, 1.807) is 0 Å². The van der Waals surface area contributed by atoms with E-state index in [1.165, 1.54) is 6.07 Å². The number of rotatable bonds is 7. The number of aliphatic hydroxyl groups excluding tert-OH is 8. The fourth-order valence-electron chi connectivity index (χ4n) is 5.18. The number of benzene rings is 2. The van der Waals surface area contributed by atoms with Gasteiger partial charge in [0.1, 0.15) is 71.6 Å². The first kappa shape index (κ1) is 32.1. The fraction of sp³-hybridized carbons (Fsp3) is 0.519. The fourth-order valence-corrected chi connectivity index (χ4v) is 5.18. The summed E-state index contributed by atoms with van der Waals surface area (Å²) in [5, 5.41) is 111. The van der Waals surface area contributed by atoms with Gasteiger partial charge >= 0.3 is 0 Å². The third-order valence-corrected chi connectivity index (χ3v) is 7.65. The van der Waals surface area contributed by atoms with Crippen molar-refractivity contribution < 1.29 is 84.7 Å². The molecule has 0 amide bonds. The summed E-state index contributed by atoms with van der Waals surface area (Å²) in [7, 11) is 0. The maximum absolute atomic E-state index is 13.8. The molecule has 0 saturated carbocycles. The molecule has 3 aliphatic rings. The normalized spacial score (nSPS) is 37.2. The van der Waals surface area contributed by atoms with Gasteiger partial charge in [-0.25, -0.2) is 0 Å². The zero-order chi connectivity index (χ0) is 32.0. The van der Waals surface area contributed by atoms with Crippen LogP contribution in [0.4, 0.5) is 0 Å². The monoisotopic (exact) mass is 628 g/mol. The molecule has 0 aromatic heterocycles. The lowest BCUT2D eigenvalue weighted by Crippen LogP contribution is -2.60. The molecule has 0 aliphatic carbocycles. The molecule has 17 nitrogen and oxygen atoms in total. The second-order valence-corrected chi connectivity index (χ2v) is 10.5. The maximum Gasteiger partial charge on any atom is 0.229 e. The summed E-state index contributed by atoms with van der Waals surface area (Å²) in [4.78, 5) is 13.8. The first-order valence-electron chi connectivity index (χ1n) is 13.4. The van der Waals surface area contributed by atoms with Crippen LogP contribution in [0.2, 0.25) is 0 Å². The van der Waals surface area contributed by atoms with Crippen molar-refractivity contribution in [2.75, 3.05) is 13.2 Å². The van der Waals surface area contributed by atoms with Crippen molar-refractivity contribution in [3.63, 3.8) is 0 Å². The number of aromatic hydroxyl groups is 3. The number of fused-ring (bicyclic) bond motifs is 1. The van der Waals surface area contributed by atoms with Crippen LogP contribution in [0.5, 0.6) is 28.7 Å². The molecule has 2 aromatic rings. The molecule has 3 aliphatic heterocycles. The topological polar surface area (TPSA) is 286 Å². The molecule has 11 N–H and O–H groups in total. The molecule has 12 atom stereocenters. The first-order valence-corrected chi connectivity index (χ1v) is 13.4. The largest absolute Gasteiger partial charge is 0.507 e. The zero-order valence-corrected chi connectivity index (χ0v) is 22.6. The van der Waals surface area contributed by atoms with Gasteiger partial charge in [0.15, 0.2) is 30.0 Å². The highest BCUT2D eigenvalue weighted by Gasteiger charge is 2.50. The summed E-state index contributed by atoms with van der Waals surface area (Å²) < 4.78 is 27.9. The number of carbonyl (C=O) groups is 1. The van der Waals surface area contributed by atoms with Gasteiger partial charge < -0.3 is 79.9 Å². The predicted molar refractivity (Wildman–Crippen MR) is 139 cm³/mol. The van der Waals surface area contributed by atoms with Crippen molar-refractivity contribution in [1.29, 1.82) is 0 Å². The predicted octanol–water partition coefficient (Wildman–Crippen LogP) is -3.52. The Bertz CT molecular complexity index is 1350. The molecule has 44 heavy (non-hydrogen) atoms. The van der Waals surface area contributed by atoms with Crippen LogP contribution in [0.15, 0.2) is 30.3 Å². The smallest absolute Gasteiger partial charge is 0.229 e. The number of phenolic OH excluding ortho intramolecular Hbond substituents is 3. The SMILES string of the molecule is O=C1c2c(O)cc(O[C@@H]3O[C@H](CO)[C@@H](O)[C@H](O)[C@H]3O)cc2O[C@@H](c2ccc(O)c(O)c2)[C@@H]1O[C@@H]1O[C@H](CO)[C@@H](O)[C@H](O)[C@H]1O. The molecule has 17 heteroatoms. The number of carbonyl (C=O) groups excluding carboxylic acids is 1. The Balaban J connectivity index is 1.49. The Morgan fingerprint density at radius 1 is 0.682 bits per heavy atom. The summed E-state index contributed by atoms with van der Waals surface area (Å²) in [5.74, 6) is -3.33.